The topological polar surface area (TPSA) is 90.4 Å². The maximum absolute atomic E-state index is 15.0. The van der Waals surface area contributed by atoms with Crippen LogP contribution in [0.25, 0.3) is 0 Å². The molecule has 0 saturated carbocycles. The molecular weight excluding hydrogens is 566 g/mol. The molecule has 0 radical (unpaired) electrons. The van der Waals surface area contributed by atoms with Gasteiger partial charge in [0.15, 0.2) is 0 Å². The quantitative estimate of drug-likeness (QED) is 0.408. The Bertz CT molecular complexity index is 1460. The van der Waals surface area contributed by atoms with Crippen LogP contribution < -0.4 is 0 Å². The minimum Gasteiger partial charge on any atom is -0.394 e. The van der Waals surface area contributed by atoms with Gasteiger partial charge in [-0.25, -0.2) is 0 Å². The van der Waals surface area contributed by atoms with Crippen molar-refractivity contribution >= 4 is 17.7 Å². The van der Waals surface area contributed by atoms with E-state index in [0.717, 1.165) is 24.0 Å². The summed E-state index contributed by atoms with van der Waals surface area (Å²) in [5, 5.41) is 10.8. The molecule has 1 N–H and O–H groups in total. The number of likely N-dealkylation sites (tertiary alicyclic amines) is 1. The summed E-state index contributed by atoms with van der Waals surface area (Å²) in [4.78, 5) is 49.7. The van der Waals surface area contributed by atoms with E-state index in [0.29, 0.717) is 32.5 Å². The number of aliphatic hydroxyl groups excluding tert-OH is 1. The van der Waals surface area contributed by atoms with Crippen LogP contribution in [0.1, 0.15) is 51.2 Å². The zero-order chi connectivity index (χ0) is 31.8. The van der Waals surface area contributed by atoms with Crippen molar-refractivity contribution in [2.24, 2.45) is 11.8 Å². The van der Waals surface area contributed by atoms with Crippen LogP contribution in [0.5, 0.6) is 0 Å². The molecule has 45 heavy (non-hydrogen) atoms. The molecule has 0 aliphatic carbocycles. The molecule has 0 aromatic heterocycles. The lowest BCUT2D eigenvalue weighted by Gasteiger charge is -2.41. The number of nitrogens with zero attached hydrogens (tertiary/aromatic N) is 3. The number of fused-ring (bicyclic) bond motifs is 2. The number of carbonyl (C=O) groups excluding carboxylic acids is 3. The molecule has 0 bridgehead atoms. The molecule has 4 aliphatic heterocycles. The van der Waals surface area contributed by atoms with Crippen molar-refractivity contribution < 1.29 is 24.2 Å². The second kappa shape index (κ2) is 12.6. The fourth-order valence-electron chi connectivity index (χ4n) is 8.21. The van der Waals surface area contributed by atoms with E-state index in [2.05, 4.69) is 6.92 Å². The molecule has 2 fully saturated rings. The first-order chi connectivity index (χ1) is 21.8. The molecule has 7 atom stereocenters. The van der Waals surface area contributed by atoms with Crippen molar-refractivity contribution in [2.75, 3.05) is 19.7 Å². The molecule has 8 heteroatoms. The zero-order valence-corrected chi connectivity index (χ0v) is 26.5. The van der Waals surface area contributed by atoms with E-state index < -0.39 is 35.1 Å². The van der Waals surface area contributed by atoms with Crippen LogP contribution in [0.15, 0.2) is 85.0 Å². The average Bonchev–Trinajstić information content (AvgIpc) is 3.35. The molecule has 2 aromatic carbocycles. The van der Waals surface area contributed by atoms with Crippen LogP contribution >= 0.6 is 0 Å². The Morgan fingerprint density at radius 2 is 1.53 bits per heavy atom. The predicted molar refractivity (Wildman–Crippen MR) is 172 cm³/mol. The number of benzene rings is 2. The average molecular weight is 612 g/mol. The lowest BCUT2D eigenvalue weighted by molar-refractivity contribution is -0.158. The van der Waals surface area contributed by atoms with Gasteiger partial charge in [-0.15, -0.1) is 0 Å². The smallest absolute Gasteiger partial charge is 0.249 e. The highest BCUT2D eigenvalue weighted by Crippen LogP contribution is 2.59. The van der Waals surface area contributed by atoms with Crippen LogP contribution in [0.4, 0.5) is 0 Å². The highest BCUT2D eigenvalue weighted by Gasteiger charge is 2.76. The lowest BCUT2D eigenvalue weighted by Crippen LogP contribution is -2.60. The van der Waals surface area contributed by atoms with Crippen LogP contribution in [0.3, 0.4) is 0 Å². The van der Waals surface area contributed by atoms with Crippen LogP contribution in [-0.4, -0.2) is 86.6 Å². The van der Waals surface area contributed by atoms with E-state index in [1.165, 1.54) is 0 Å². The Kier molecular flexibility index (Phi) is 8.72. The summed E-state index contributed by atoms with van der Waals surface area (Å²) >= 11 is 0. The van der Waals surface area contributed by atoms with Gasteiger partial charge in [0, 0.05) is 25.7 Å². The number of hydrogen-bond acceptors (Lipinski definition) is 5. The Morgan fingerprint density at radius 1 is 0.867 bits per heavy atom. The number of ether oxygens (including phenoxy) is 1. The van der Waals surface area contributed by atoms with Gasteiger partial charge in [-0.2, -0.15) is 0 Å². The zero-order valence-electron chi connectivity index (χ0n) is 26.5. The minimum absolute atomic E-state index is 0.0464. The molecule has 4 heterocycles. The minimum atomic E-state index is -1.35. The standard InChI is InChI=1S/C37H45N3O5/c1-4-14-26(3)39-22-13-20-37-31(34(43)40(32(37)35(39)44)29(25-41)23-27-15-8-6-9-16-27)30-33(42)38(24-28-17-10-7-11-18-28)21-12-19-36(30,5-2)45-37/h6-13,15-20,26,29-32,41H,4-5,14,21-25H2,1-3H3/t26?,29-,30+,31+,32?,36-,37+/m1/s1. The second-order valence-corrected chi connectivity index (χ2v) is 13.0. The fourth-order valence-corrected chi connectivity index (χ4v) is 8.21. The van der Waals surface area contributed by atoms with Gasteiger partial charge in [0.1, 0.15) is 11.6 Å². The number of carbonyl (C=O) groups is 3. The van der Waals surface area contributed by atoms with Gasteiger partial charge in [0.05, 0.1) is 30.1 Å². The van der Waals surface area contributed by atoms with Gasteiger partial charge < -0.3 is 24.5 Å². The number of hydrogen-bond donors (Lipinski definition) is 1. The summed E-state index contributed by atoms with van der Waals surface area (Å²) in [6.07, 6.45) is 10.4. The highest BCUT2D eigenvalue weighted by molar-refractivity contribution is 6.00. The molecular formula is C37H45N3O5. The monoisotopic (exact) mass is 611 g/mol. The lowest BCUT2D eigenvalue weighted by atomic mass is 9.73. The highest BCUT2D eigenvalue weighted by atomic mass is 16.5. The first kappa shape index (κ1) is 31.2. The second-order valence-electron chi connectivity index (χ2n) is 13.0. The van der Waals surface area contributed by atoms with E-state index >= 15 is 0 Å². The molecule has 2 aromatic rings. The van der Waals surface area contributed by atoms with E-state index in [1.54, 1.807) is 9.80 Å². The van der Waals surface area contributed by atoms with E-state index in [-0.39, 0.29) is 30.4 Å². The Hall–Kier alpha value is -3.75. The molecule has 2 saturated heterocycles. The van der Waals surface area contributed by atoms with Gasteiger partial charge in [-0.3, -0.25) is 14.4 Å². The predicted octanol–water partition coefficient (Wildman–Crippen LogP) is 4.14. The molecule has 4 aliphatic rings. The number of rotatable bonds is 10. The summed E-state index contributed by atoms with van der Waals surface area (Å²) < 4.78 is 7.14. The molecule has 8 nitrogen and oxygen atoms in total. The molecule has 2 unspecified atom stereocenters. The maximum Gasteiger partial charge on any atom is 0.249 e. The van der Waals surface area contributed by atoms with Crippen molar-refractivity contribution in [1.29, 1.82) is 0 Å². The van der Waals surface area contributed by atoms with Gasteiger partial charge in [0.25, 0.3) is 0 Å². The number of aliphatic hydroxyl groups is 1. The largest absolute Gasteiger partial charge is 0.394 e. The summed E-state index contributed by atoms with van der Waals surface area (Å²) in [5.41, 5.74) is -0.442. The Balaban J connectivity index is 1.47. The Morgan fingerprint density at radius 3 is 2.18 bits per heavy atom. The summed E-state index contributed by atoms with van der Waals surface area (Å²) in [6, 6.07) is 17.8. The first-order valence-corrected chi connectivity index (χ1v) is 16.5. The third-order valence-electron chi connectivity index (χ3n) is 10.4. The van der Waals surface area contributed by atoms with Crippen LogP contribution in [0.2, 0.25) is 0 Å². The van der Waals surface area contributed by atoms with E-state index in [9.17, 15) is 19.5 Å². The molecule has 238 valence electrons. The number of amides is 3. The molecule has 1 spiro atoms. The summed E-state index contributed by atoms with van der Waals surface area (Å²) in [6.45, 7) is 7.01. The Labute approximate surface area is 266 Å². The normalized spacial score (nSPS) is 30.5. The van der Waals surface area contributed by atoms with Crippen molar-refractivity contribution in [3.8, 4) is 0 Å². The van der Waals surface area contributed by atoms with Crippen molar-refractivity contribution in [3.05, 3.63) is 96.1 Å². The maximum atomic E-state index is 15.0. The molecule has 3 amide bonds. The first-order valence-electron chi connectivity index (χ1n) is 16.5. The third-order valence-corrected chi connectivity index (χ3v) is 10.4. The van der Waals surface area contributed by atoms with Gasteiger partial charge in [-0.1, -0.05) is 105 Å². The molecule has 6 rings (SSSR count). The van der Waals surface area contributed by atoms with E-state index in [1.807, 2.05) is 104 Å². The van der Waals surface area contributed by atoms with Gasteiger partial charge in [-0.05, 0) is 37.3 Å². The summed E-state index contributed by atoms with van der Waals surface area (Å²) in [5.74, 6) is -2.38. The van der Waals surface area contributed by atoms with E-state index in [4.69, 9.17) is 4.74 Å². The van der Waals surface area contributed by atoms with Crippen LogP contribution in [-0.2, 0) is 32.1 Å². The fraction of sp³-hybridized carbons (Fsp3) is 0.486. The van der Waals surface area contributed by atoms with Crippen molar-refractivity contribution in [2.45, 2.75) is 82.3 Å². The van der Waals surface area contributed by atoms with Crippen LogP contribution in [0, 0.1) is 11.8 Å². The van der Waals surface area contributed by atoms with Gasteiger partial charge >= 0.3 is 0 Å². The summed E-state index contributed by atoms with van der Waals surface area (Å²) in [7, 11) is 0. The SMILES string of the molecule is CCCC(C)N1CC=C[C@]23O[C@]4(CC)C=CCN(Cc5ccccc5)C(=O)[C@@H]4[C@H]2C(=O)N([C@@H](CO)Cc2ccccc2)C3C1=O. The van der Waals surface area contributed by atoms with Gasteiger partial charge in [0.2, 0.25) is 17.7 Å². The van der Waals surface area contributed by atoms with Crippen molar-refractivity contribution in [3.63, 3.8) is 0 Å². The van der Waals surface area contributed by atoms with Crippen molar-refractivity contribution in [1.82, 2.24) is 14.7 Å². The third kappa shape index (κ3) is 5.22.